The van der Waals surface area contributed by atoms with Gasteiger partial charge in [-0.1, -0.05) is 42.5 Å². The Morgan fingerprint density at radius 1 is 1.06 bits per heavy atom. The van der Waals surface area contributed by atoms with Crippen LogP contribution in [0.2, 0.25) is 0 Å². The van der Waals surface area contributed by atoms with E-state index in [9.17, 15) is 14.7 Å². The number of carbonyl (C=O) groups excluding carboxylic acids is 2. The Bertz CT molecular complexity index is 890. The Kier molecular flexibility index (Phi) is 9.72. The summed E-state index contributed by atoms with van der Waals surface area (Å²) in [5.41, 5.74) is 2.08. The number of aliphatic hydroxyl groups excluding tert-OH is 1. The summed E-state index contributed by atoms with van der Waals surface area (Å²) in [6.45, 7) is 3.20. The summed E-state index contributed by atoms with van der Waals surface area (Å²) >= 11 is 0. The second kappa shape index (κ2) is 13.0. The van der Waals surface area contributed by atoms with Gasteiger partial charge in [-0.3, -0.25) is 9.59 Å². The molecule has 3 rings (SSSR count). The maximum Gasteiger partial charge on any atom is 0.242 e. The molecule has 2 aromatic carbocycles. The highest BCUT2D eigenvalue weighted by Gasteiger charge is 2.25. The van der Waals surface area contributed by atoms with Crippen LogP contribution in [0.3, 0.4) is 0 Å². The van der Waals surface area contributed by atoms with Crippen LogP contribution in [0.1, 0.15) is 43.7 Å². The number of ether oxygens (including phenoxy) is 1. The van der Waals surface area contributed by atoms with Crippen molar-refractivity contribution >= 4 is 11.8 Å². The van der Waals surface area contributed by atoms with Crippen molar-refractivity contribution in [1.82, 2.24) is 16.0 Å². The average Bonchev–Trinajstić information content (AvgIpc) is 2.81. The van der Waals surface area contributed by atoms with E-state index >= 15 is 0 Å². The first kappa shape index (κ1) is 24.7. The van der Waals surface area contributed by atoms with Crippen molar-refractivity contribution in [3.8, 4) is 5.75 Å². The number of hydrogen-bond donors (Lipinski definition) is 4. The van der Waals surface area contributed by atoms with Crippen molar-refractivity contribution in [2.45, 2.75) is 63.8 Å². The lowest BCUT2D eigenvalue weighted by Gasteiger charge is -2.27. The van der Waals surface area contributed by atoms with Gasteiger partial charge in [-0.15, -0.1) is 0 Å². The van der Waals surface area contributed by atoms with Gasteiger partial charge in [0.15, 0.2) is 0 Å². The van der Waals surface area contributed by atoms with Gasteiger partial charge in [0.1, 0.15) is 11.8 Å². The molecule has 0 unspecified atom stereocenters. The zero-order chi connectivity index (χ0) is 23.5. The molecule has 3 atom stereocenters. The van der Waals surface area contributed by atoms with E-state index in [4.69, 9.17) is 4.74 Å². The fourth-order valence-corrected chi connectivity index (χ4v) is 3.84. The molecular weight excluding hydrogens is 418 g/mol. The number of rotatable bonds is 5. The lowest BCUT2D eigenvalue weighted by Crippen LogP contribution is -2.54. The third-order valence-electron chi connectivity index (χ3n) is 5.76. The van der Waals surface area contributed by atoms with Crippen LogP contribution in [0, 0.1) is 0 Å². The molecule has 2 amide bonds. The molecule has 0 saturated carbocycles. The van der Waals surface area contributed by atoms with Gasteiger partial charge in [-0.25, -0.2) is 0 Å². The van der Waals surface area contributed by atoms with E-state index < -0.39 is 18.2 Å². The fraction of sp³-hybridized carbons (Fsp3) is 0.462. The topological polar surface area (TPSA) is 99.7 Å². The molecular formula is C26H35N3O4. The molecule has 1 aliphatic rings. The third kappa shape index (κ3) is 8.51. The standard InChI is InChI=1S/C26H35N3O4/c1-19-26(32)29-23(24(30)18-27-17-20-9-4-2-5-10-20)16-21-11-8-12-22(15-21)33-14-7-3-6-13-25(31)28-19/h2,4-5,8-12,15,19,23-24,27,30H,3,6-7,13-14,16-18H2,1H3,(H,28,31)(H,29,32)/t19-,23-,24+/m0/s1. The van der Waals surface area contributed by atoms with Gasteiger partial charge < -0.3 is 25.8 Å². The molecule has 1 aliphatic heterocycles. The Morgan fingerprint density at radius 3 is 2.70 bits per heavy atom. The molecule has 178 valence electrons. The molecule has 0 radical (unpaired) electrons. The summed E-state index contributed by atoms with van der Waals surface area (Å²) in [6.07, 6.45) is 2.50. The minimum Gasteiger partial charge on any atom is -0.494 e. The summed E-state index contributed by atoms with van der Waals surface area (Å²) in [6, 6.07) is 16.5. The van der Waals surface area contributed by atoms with Gasteiger partial charge in [0.05, 0.1) is 18.8 Å². The Balaban J connectivity index is 1.70. The van der Waals surface area contributed by atoms with Crippen molar-refractivity contribution in [3.05, 3.63) is 65.7 Å². The molecule has 33 heavy (non-hydrogen) atoms. The molecule has 0 aromatic heterocycles. The predicted molar refractivity (Wildman–Crippen MR) is 128 cm³/mol. The number of nitrogens with one attached hydrogen (secondary N) is 3. The maximum absolute atomic E-state index is 12.8. The van der Waals surface area contributed by atoms with Crippen LogP contribution in [0.4, 0.5) is 0 Å². The van der Waals surface area contributed by atoms with Crippen LogP contribution in [0.25, 0.3) is 0 Å². The molecule has 0 fully saturated rings. The van der Waals surface area contributed by atoms with Crippen molar-refractivity contribution in [3.63, 3.8) is 0 Å². The van der Waals surface area contributed by atoms with Gasteiger partial charge in [-0.05, 0) is 55.9 Å². The molecule has 0 saturated heterocycles. The fourth-order valence-electron chi connectivity index (χ4n) is 3.84. The highest BCUT2D eigenvalue weighted by Crippen LogP contribution is 2.17. The molecule has 2 bridgehead atoms. The number of aliphatic hydroxyl groups is 1. The van der Waals surface area contributed by atoms with E-state index in [0.717, 1.165) is 36.1 Å². The van der Waals surface area contributed by atoms with Gasteiger partial charge in [-0.2, -0.15) is 0 Å². The molecule has 2 aromatic rings. The SMILES string of the molecule is C[C@@H]1NC(=O)CCCCCOc2cccc(c2)C[C@@H]([C@H](O)CNCc2ccccc2)NC1=O. The Hall–Kier alpha value is -2.90. The predicted octanol–water partition coefficient (Wildman–Crippen LogP) is 2.32. The monoisotopic (exact) mass is 453 g/mol. The first-order valence-corrected chi connectivity index (χ1v) is 11.8. The summed E-state index contributed by atoms with van der Waals surface area (Å²) in [7, 11) is 0. The molecule has 1 heterocycles. The molecule has 7 nitrogen and oxygen atoms in total. The maximum atomic E-state index is 12.8. The van der Waals surface area contributed by atoms with E-state index in [0.29, 0.717) is 32.5 Å². The highest BCUT2D eigenvalue weighted by molar-refractivity contribution is 5.87. The van der Waals surface area contributed by atoms with Gasteiger partial charge in [0.25, 0.3) is 0 Å². The van der Waals surface area contributed by atoms with Gasteiger partial charge >= 0.3 is 0 Å². The van der Waals surface area contributed by atoms with Crippen LogP contribution in [0.15, 0.2) is 54.6 Å². The quantitative estimate of drug-likeness (QED) is 0.557. The van der Waals surface area contributed by atoms with E-state index in [1.165, 1.54) is 0 Å². The number of amides is 2. The Labute approximate surface area is 195 Å². The summed E-state index contributed by atoms with van der Waals surface area (Å²) in [4.78, 5) is 25.0. The van der Waals surface area contributed by atoms with Gasteiger partial charge in [0.2, 0.25) is 11.8 Å². The van der Waals surface area contributed by atoms with Crippen LogP contribution in [-0.4, -0.2) is 48.3 Å². The zero-order valence-corrected chi connectivity index (χ0v) is 19.3. The largest absolute Gasteiger partial charge is 0.494 e. The number of benzene rings is 2. The summed E-state index contributed by atoms with van der Waals surface area (Å²) < 4.78 is 5.86. The lowest BCUT2D eigenvalue weighted by molar-refractivity contribution is -0.129. The third-order valence-corrected chi connectivity index (χ3v) is 5.76. The van der Waals surface area contributed by atoms with Gasteiger partial charge in [0, 0.05) is 19.5 Å². The molecule has 0 spiro atoms. The molecule has 0 aliphatic carbocycles. The minimum absolute atomic E-state index is 0.141. The number of fused-ring (bicyclic) bond motifs is 2. The van der Waals surface area contributed by atoms with E-state index in [-0.39, 0.29) is 11.8 Å². The highest BCUT2D eigenvalue weighted by atomic mass is 16.5. The number of carbonyl (C=O) groups is 2. The van der Waals surface area contributed by atoms with E-state index in [1.807, 2.05) is 54.6 Å². The van der Waals surface area contributed by atoms with E-state index in [2.05, 4.69) is 16.0 Å². The summed E-state index contributed by atoms with van der Waals surface area (Å²) in [5.74, 6) is 0.319. The zero-order valence-electron chi connectivity index (χ0n) is 19.3. The van der Waals surface area contributed by atoms with Crippen LogP contribution in [0.5, 0.6) is 5.75 Å². The molecule has 7 heteroatoms. The van der Waals surface area contributed by atoms with Crippen molar-refractivity contribution in [1.29, 1.82) is 0 Å². The second-order valence-electron chi connectivity index (χ2n) is 8.60. The first-order valence-electron chi connectivity index (χ1n) is 11.8. The van der Waals surface area contributed by atoms with E-state index in [1.54, 1.807) is 6.92 Å². The second-order valence-corrected chi connectivity index (χ2v) is 8.60. The lowest BCUT2D eigenvalue weighted by atomic mass is 10.00. The smallest absolute Gasteiger partial charge is 0.242 e. The molecule has 4 N–H and O–H groups in total. The Morgan fingerprint density at radius 2 is 1.88 bits per heavy atom. The minimum atomic E-state index is -0.816. The summed E-state index contributed by atoms with van der Waals surface area (Å²) in [5, 5.41) is 19.9. The van der Waals surface area contributed by atoms with Crippen molar-refractivity contribution < 1.29 is 19.4 Å². The number of hydrogen-bond acceptors (Lipinski definition) is 5. The van der Waals surface area contributed by atoms with Crippen molar-refractivity contribution in [2.24, 2.45) is 0 Å². The van der Waals surface area contributed by atoms with Crippen LogP contribution in [-0.2, 0) is 22.6 Å². The average molecular weight is 454 g/mol. The van der Waals surface area contributed by atoms with Crippen LogP contribution < -0.4 is 20.7 Å². The normalized spacial score (nSPS) is 21.4. The van der Waals surface area contributed by atoms with Crippen LogP contribution >= 0.6 is 0 Å². The first-order chi connectivity index (χ1) is 16.0. The van der Waals surface area contributed by atoms with Crippen molar-refractivity contribution in [2.75, 3.05) is 13.2 Å².